The number of carbonyl (C=O) groups is 2. The zero-order valence-electron chi connectivity index (χ0n) is 18.5. The van der Waals surface area contributed by atoms with E-state index in [1.807, 2.05) is 41.8 Å². The minimum atomic E-state index is -0.293. The Kier molecular flexibility index (Phi) is 7.52. The zero-order chi connectivity index (χ0) is 23.8. The van der Waals surface area contributed by atoms with Crippen LogP contribution in [-0.2, 0) is 13.2 Å². The molecular formula is C26H23N3O4S. The predicted molar refractivity (Wildman–Crippen MR) is 131 cm³/mol. The number of aromatic nitrogens is 1. The van der Waals surface area contributed by atoms with Crippen LogP contribution in [-0.4, -0.2) is 23.9 Å². The summed E-state index contributed by atoms with van der Waals surface area (Å²) in [5.41, 5.74) is 2.69. The van der Waals surface area contributed by atoms with Crippen molar-refractivity contribution in [2.45, 2.75) is 13.2 Å². The first-order chi connectivity index (χ1) is 16.6. The second-order valence-corrected chi connectivity index (χ2v) is 8.24. The molecule has 4 rings (SSSR count). The van der Waals surface area contributed by atoms with Gasteiger partial charge in [0, 0.05) is 18.9 Å². The van der Waals surface area contributed by atoms with Crippen LogP contribution in [0.15, 0.2) is 84.5 Å². The van der Waals surface area contributed by atoms with Gasteiger partial charge in [-0.2, -0.15) is 0 Å². The van der Waals surface area contributed by atoms with E-state index in [4.69, 9.17) is 9.47 Å². The van der Waals surface area contributed by atoms with Crippen LogP contribution in [0.2, 0.25) is 0 Å². The van der Waals surface area contributed by atoms with Gasteiger partial charge < -0.3 is 20.1 Å². The highest BCUT2D eigenvalue weighted by Gasteiger charge is 2.15. The maximum absolute atomic E-state index is 12.9. The molecule has 0 fully saturated rings. The molecular weight excluding hydrogens is 450 g/mol. The van der Waals surface area contributed by atoms with Crippen LogP contribution >= 0.6 is 11.3 Å². The quantitative estimate of drug-likeness (QED) is 0.360. The summed E-state index contributed by atoms with van der Waals surface area (Å²) in [6.45, 7) is 0.677. The van der Waals surface area contributed by atoms with Crippen LogP contribution in [0.5, 0.6) is 11.5 Å². The van der Waals surface area contributed by atoms with Crippen LogP contribution in [0.3, 0.4) is 0 Å². The number of ether oxygens (including phenoxy) is 2. The molecule has 2 heterocycles. The number of nitrogens with one attached hydrogen (secondary N) is 2. The Bertz CT molecular complexity index is 1260. The molecule has 0 aliphatic heterocycles. The molecule has 0 radical (unpaired) electrons. The van der Waals surface area contributed by atoms with Crippen molar-refractivity contribution in [1.82, 2.24) is 10.3 Å². The fraction of sp³-hybridized carbons (Fsp3) is 0.115. The maximum atomic E-state index is 12.9. The monoisotopic (exact) mass is 473 g/mol. The molecule has 0 unspecified atom stereocenters. The molecule has 0 saturated carbocycles. The number of anilines is 1. The lowest BCUT2D eigenvalue weighted by Gasteiger charge is -2.14. The summed E-state index contributed by atoms with van der Waals surface area (Å²) in [5, 5.41) is 7.55. The Hall–Kier alpha value is -4.17. The molecule has 2 N–H and O–H groups in total. The van der Waals surface area contributed by atoms with Crippen molar-refractivity contribution in [3.8, 4) is 11.5 Å². The van der Waals surface area contributed by atoms with Gasteiger partial charge in [-0.25, -0.2) is 0 Å². The Morgan fingerprint density at radius 1 is 0.912 bits per heavy atom. The number of hydrogen-bond donors (Lipinski definition) is 2. The fourth-order valence-electron chi connectivity index (χ4n) is 3.24. The number of nitrogens with zero attached hydrogens (tertiary/aromatic N) is 1. The molecule has 0 aliphatic rings. The number of para-hydroxylation sites is 1. The Labute approximate surface area is 201 Å². The van der Waals surface area contributed by atoms with Crippen molar-refractivity contribution in [2.24, 2.45) is 0 Å². The van der Waals surface area contributed by atoms with Crippen molar-refractivity contribution < 1.29 is 19.1 Å². The second kappa shape index (κ2) is 11.1. The number of thiophene rings is 1. The minimum Gasteiger partial charge on any atom is -0.493 e. The molecule has 8 heteroatoms. The van der Waals surface area contributed by atoms with Gasteiger partial charge in [-0.05, 0) is 59.0 Å². The van der Waals surface area contributed by atoms with Gasteiger partial charge in [0.25, 0.3) is 11.8 Å². The summed E-state index contributed by atoms with van der Waals surface area (Å²) in [6, 6.07) is 19.7. The lowest BCUT2D eigenvalue weighted by atomic mass is 10.1. The van der Waals surface area contributed by atoms with E-state index in [1.165, 1.54) is 11.3 Å². The first-order valence-corrected chi connectivity index (χ1v) is 11.4. The Balaban J connectivity index is 1.39. The molecule has 2 amide bonds. The standard InChI is InChI=1S/C26H23N3O4S/c1-32-23-15-19(8-9-22(23)33-17-18-10-12-27-13-11-18)16-28-25(30)20-5-2-3-6-21(20)29-26(31)24-7-4-14-34-24/h2-15H,16-17H2,1H3,(H,28,30)(H,29,31). The SMILES string of the molecule is COc1cc(CNC(=O)c2ccccc2NC(=O)c2cccs2)ccc1OCc1ccncc1. The van der Waals surface area contributed by atoms with Gasteiger partial charge in [-0.3, -0.25) is 14.6 Å². The van der Waals surface area contributed by atoms with Gasteiger partial charge in [0.1, 0.15) is 6.61 Å². The summed E-state index contributed by atoms with van der Waals surface area (Å²) >= 11 is 1.34. The number of pyridine rings is 1. The highest BCUT2D eigenvalue weighted by molar-refractivity contribution is 7.12. The zero-order valence-corrected chi connectivity index (χ0v) is 19.3. The largest absolute Gasteiger partial charge is 0.493 e. The number of methoxy groups -OCH3 is 1. The summed E-state index contributed by atoms with van der Waals surface area (Å²) in [6.07, 6.45) is 3.43. The summed E-state index contributed by atoms with van der Waals surface area (Å²) in [7, 11) is 1.57. The molecule has 0 aliphatic carbocycles. The first-order valence-electron chi connectivity index (χ1n) is 10.5. The van der Waals surface area contributed by atoms with Gasteiger partial charge in [0.15, 0.2) is 11.5 Å². The van der Waals surface area contributed by atoms with Gasteiger partial charge in [0.2, 0.25) is 0 Å². The normalized spacial score (nSPS) is 10.4. The van der Waals surface area contributed by atoms with E-state index < -0.39 is 0 Å². The van der Waals surface area contributed by atoms with E-state index in [1.54, 1.807) is 49.8 Å². The smallest absolute Gasteiger partial charge is 0.265 e. The van der Waals surface area contributed by atoms with Crippen LogP contribution < -0.4 is 20.1 Å². The third kappa shape index (κ3) is 5.79. The third-order valence-electron chi connectivity index (χ3n) is 4.99. The second-order valence-electron chi connectivity index (χ2n) is 7.29. The molecule has 7 nitrogen and oxygen atoms in total. The first kappa shape index (κ1) is 23.0. The molecule has 0 saturated heterocycles. The molecule has 34 heavy (non-hydrogen) atoms. The third-order valence-corrected chi connectivity index (χ3v) is 5.86. The van der Waals surface area contributed by atoms with Crippen molar-refractivity contribution in [3.05, 3.63) is 106 Å². The van der Waals surface area contributed by atoms with Gasteiger partial charge >= 0.3 is 0 Å². The van der Waals surface area contributed by atoms with Crippen LogP contribution in [0.4, 0.5) is 5.69 Å². The van der Waals surface area contributed by atoms with Crippen LogP contribution in [0.25, 0.3) is 0 Å². The maximum Gasteiger partial charge on any atom is 0.265 e. The Morgan fingerprint density at radius 2 is 1.74 bits per heavy atom. The van der Waals surface area contributed by atoms with Crippen molar-refractivity contribution in [2.75, 3.05) is 12.4 Å². The molecule has 0 bridgehead atoms. The molecule has 0 atom stereocenters. The van der Waals surface area contributed by atoms with Crippen molar-refractivity contribution in [3.63, 3.8) is 0 Å². The number of amides is 2. The Morgan fingerprint density at radius 3 is 2.50 bits per heavy atom. The molecule has 2 aromatic heterocycles. The van der Waals surface area contributed by atoms with E-state index in [0.717, 1.165) is 11.1 Å². The lowest BCUT2D eigenvalue weighted by Crippen LogP contribution is -2.24. The van der Waals surface area contributed by atoms with Gasteiger partial charge in [-0.1, -0.05) is 24.3 Å². The number of hydrogen-bond acceptors (Lipinski definition) is 6. The molecule has 2 aromatic carbocycles. The number of rotatable bonds is 9. The minimum absolute atomic E-state index is 0.248. The fourth-order valence-corrected chi connectivity index (χ4v) is 3.86. The van der Waals surface area contributed by atoms with Gasteiger partial charge in [-0.15, -0.1) is 11.3 Å². The topological polar surface area (TPSA) is 89.6 Å². The highest BCUT2D eigenvalue weighted by Crippen LogP contribution is 2.29. The van der Waals surface area contributed by atoms with Crippen LogP contribution in [0.1, 0.15) is 31.2 Å². The van der Waals surface area contributed by atoms with E-state index in [-0.39, 0.29) is 18.4 Å². The summed E-state index contributed by atoms with van der Waals surface area (Å²) in [4.78, 5) is 29.9. The summed E-state index contributed by atoms with van der Waals surface area (Å²) < 4.78 is 11.3. The average molecular weight is 474 g/mol. The van der Waals surface area contributed by atoms with E-state index in [9.17, 15) is 9.59 Å². The van der Waals surface area contributed by atoms with Crippen LogP contribution in [0, 0.1) is 0 Å². The van der Waals surface area contributed by atoms with E-state index in [0.29, 0.717) is 34.2 Å². The molecule has 0 spiro atoms. The molecule has 172 valence electrons. The van der Waals surface area contributed by atoms with Gasteiger partial charge in [0.05, 0.1) is 23.2 Å². The summed E-state index contributed by atoms with van der Waals surface area (Å²) in [5.74, 6) is 0.641. The van der Waals surface area contributed by atoms with Crippen molar-refractivity contribution in [1.29, 1.82) is 0 Å². The average Bonchev–Trinajstić information content (AvgIpc) is 3.42. The molecule has 4 aromatic rings. The predicted octanol–water partition coefficient (Wildman–Crippen LogP) is 4.91. The lowest BCUT2D eigenvalue weighted by molar-refractivity contribution is 0.0951. The highest BCUT2D eigenvalue weighted by atomic mass is 32.1. The van der Waals surface area contributed by atoms with E-state index in [2.05, 4.69) is 15.6 Å². The van der Waals surface area contributed by atoms with E-state index >= 15 is 0 Å². The number of benzene rings is 2. The van der Waals surface area contributed by atoms with Crippen molar-refractivity contribution >= 4 is 28.8 Å². The number of carbonyl (C=O) groups excluding carboxylic acids is 2.